The second-order valence-electron chi connectivity index (χ2n) is 4.74. The van der Waals surface area contributed by atoms with Crippen LogP contribution in [0.3, 0.4) is 0 Å². The van der Waals surface area contributed by atoms with E-state index in [9.17, 15) is 4.79 Å². The largest absolute Gasteiger partial charge is 0.398 e. The van der Waals surface area contributed by atoms with E-state index in [2.05, 4.69) is 10.8 Å². The molecule has 1 aliphatic heterocycles. The molecule has 0 radical (unpaired) electrons. The van der Waals surface area contributed by atoms with E-state index < -0.39 is 0 Å². The molecule has 1 fully saturated rings. The maximum Gasteiger partial charge on any atom is 0.227 e. The first-order valence-electron chi connectivity index (χ1n) is 6.47. The van der Waals surface area contributed by atoms with E-state index >= 15 is 0 Å². The number of anilines is 1. The quantitative estimate of drug-likeness (QED) is 0.637. The zero-order valence-corrected chi connectivity index (χ0v) is 11.0. The number of amides is 1. The minimum Gasteiger partial charge on any atom is -0.398 e. The Morgan fingerprint density at radius 3 is 2.58 bits per heavy atom. The Morgan fingerprint density at radius 1 is 1.26 bits per heavy atom. The molecule has 4 nitrogen and oxygen atoms in total. The van der Waals surface area contributed by atoms with Crippen molar-refractivity contribution in [2.45, 2.75) is 6.42 Å². The van der Waals surface area contributed by atoms with Gasteiger partial charge in [-0.05, 0) is 11.6 Å². The molecule has 2 rings (SSSR count). The monoisotopic (exact) mass is 257 g/mol. The maximum absolute atomic E-state index is 12.2. The third-order valence-corrected chi connectivity index (χ3v) is 3.44. The minimum atomic E-state index is 0.137. The van der Waals surface area contributed by atoms with E-state index in [1.54, 1.807) is 0 Å². The third kappa shape index (κ3) is 3.49. The highest BCUT2D eigenvalue weighted by Gasteiger charge is 2.20. The van der Waals surface area contributed by atoms with E-state index in [0.29, 0.717) is 18.7 Å². The molecule has 0 saturated carbocycles. The van der Waals surface area contributed by atoms with Crippen molar-refractivity contribution in [3.05, 3.63) is 29.8 Å². The third-order valence-electron chi connectivity index (χ3n) is 3.44. The van der Waals surface area contributed by atoms with E-state index in [1.165, 1.54) is 0 Å². The first kappa shape index (κ1) is 13.4. The van der Waals surface area contributed by atoms with Gasteiger partial charge in [-0.25, -0.2) is 0 Å². The van der Waals surface area contributed by atoms with Crippen LogP contribution in [0.5, 0.6) is 0 Å². The fourth-order valence-corrected chi connectivity index (χ4v) is 2.25. The normalized spacial score (nSPS) is 16.1. The summed E-state index contributed by atoms with van der Waals surface area (Å²) in [4.78, 5) is 16.3. The van der Waals surface area contributed by atoms with Crippen LogP contribution in [0, 0.1) is 12.3 Å². The van der Waals surface area contributed by atoms with Gasteiger partial charge in [0.05, 0.1) is 13.0 Å². The minimum absolute atomic E-state index is 0.137. The Balaban J connectivity index is 1.89. The van der Waals surface area contributed by atoms with Gasteiger partial charge in [0, 0.05) is 31.9 Å². The summed E-state index contributed by atoms with van der Waals surface area (Å²) in [5.41, 5.74) is 7.44. The van der Waals surface area contributed by atoms with Gasteiger partial charge in [0.1, 0.15) is 0 Å². The lowest BCUT2D eigenvalue weighted by molar-refractivity contribution is -0.132. The molecule has 4 heteroatoms. The Morgan fingerprint density at radius 2 is 1.95 bits per heavy atom. The number of carbonyl (C=O) groups excluding carboxylic acids is 1. The zero-order chi connectivity index (χ0) is 13.7. The summed E-state index contributed by atoms with van der Waals surface area (Å²) in [6.07, 6.45) is 5.66. The number of nitrogen functional groups attached to an aromatic ring is 1. The van der Waals surface area contributed by atoms with Crippen molar-refractivity contribution in [1.29, 1.82) is 0 Å². The molecule has 0 bridgehead atoms. The van der Waals surface area contributed by atoms with Gasteiger partial charge in [-0.1, -0.05) is 24.1 Å². The lowest BCUT2D eigenvalue weighted by atomic mass is 10.1. The Bertz CT molecular complexity index is 484. The SMILES string of the molecule is C#CCN1CCN(C(=O)Cc2ccccc2N)CC1. The molecule has 0 aromatic heterocycles. The molecular weight excluding hydrogens is 238 g/mol. The van der Waals surface area contributed by atoms with Crippen molar-refractivity contribution in [3.8, 4) is 12.3 Å². The van der Waals surface area contributed by atoms with Gasteiger partial charge in [0.15, 0.2) is 0 Å². The van der Waals surface area contributed by atoms with Crippen LogP contribution in [0.2, 0.25) is 0 Å². The van der Waals surface area contributed by atoms with Crippen LogP contribution in [0.25, 0.3) is 0 Å². The van der Waals surface area contributed by atoms with E-state index in [0.717, 1.165) is 31.7 Å². The molecule has 0 atom stereocenters. The van der Waals surface area contributed by atoms with Gasteiger partial charge in [0.2, 0.25) is 5.91 Å². The first-order chi connectivity index (χ1) is 9.20. The second kappa shape index (κ2) is 6.26. The number of para-hydroxylation sites is 1. The van der Waals surface area contributed by atoms with Crippen molar-refractivity contribution < 1.29 is 4.79 Å². The van der Waals surface area contributed by atoms with Crippen LogP contribution in [0.15, 0.2) is 24.3 Å². The van der Waals surface area contributed by atoms with Crippen LogP contribution in [-0.2, 0) is 11.2 Å². The summed E-state index contributed by atoms with van der Waals surface area (Å²) >= 11 is 0. The molecular formula is C15H19N3O. The van der Waals surface area contributed by atoms with Crippen molar-refractivity contribution >= 4 is 11.6 Å². The molecule has 1 aliphatic rings. The second-order valence-corrected chi connectivity index (χ2v) is 4.74. The standard InChI is InChI=1S/C15H19N3O/c1-2-7-17-8-10-18(11-9-17)15(19)12-13-5-3-4-6-14(13)16/h1,3-6H,7-12,16H2. The molecule has 19 heavy (non-hydrogen) atoms. The van der Waals surface area contributed by atoms with Gasteiger partial charge < -0.3 is 10.6 Å². The van der Waals surface area contributed by atoms with Crippen LogP contribution in [0.4, 0.5) is 5.69 Å². The number of rotatable bonds is 3. The molecule has 2 N–H and O–H groups in total. The predicted molar refractivity (Wildman–Crippen MR) is 76.4 cm³/mol. The Kier molecular flexibility index (Phi) is 4.43. The smallest absolute Gasteiger partial charge is 0.227 e. The summed E-state index contributed by atoms with van der Waals surface area (Å²) in [7, 11) is 0. The maximum atomic E-state index is 12.2. The van der Waals surface area contributed by atoms with Crippen LogP contribution in [0.1, 0.15) is 5.56 Å². The highest BCUT2D eigenvalue weighted by Crippen LogP contribution is 2.13. The van der Waals surface area contributed by atoms with Crippen LogP contribution in [-0.4, -0.2) is 48.4 Å². The molecule has 1 heterocycles. The summed E-state index contributed by atoms with van der Waals surface area (Å²) < 4.78 is 0. The summed E-state index contributed by atoms with van der Waals surface area (Å²) in [6, 6.07) is 7.51. The van der Waals surface area contributed by atoms with E-state index in [-0.39, 0.29) is 5.91 Å². The Hall–Kier alpha value is -1.99. The number of terminal acetylenes is 1. The predicted octanol–water partition coefficient (Wildman–Crippen LogP) is 0.589. The van der Waals surface area contributed by atoms with Gasteiger partial charge >= 0.3 is 0 Å². The number of piperazine rings is 1. The fraction of sp³-hybridized carbons (Fsp3) is 0.400. The van der Waals surface area contributed by atoms with Crippen molar-refractivity contribution in [1.82, 2.24) is 9.80 Å². The lowest BCUT2D eigenvalue weighted by Crippen LogP contribution is -2.49. The molecule has 100 valence electrons. The molecule has 1 aromatic carbocycles. The Labute approximate surface area is 114 Å². The van der Waals surface area contributed by atoms with Crippen molar-refractivity contribution in [2.24, 2.45) is 0 Å². The highest BCUT2D eigenvalue weighted by atomic mass is 16.2. The van der Waals surface area contributed by atoms with Gasteiger partial charge in [-0.15, -0.1) is 6.42 Å². The average molecular weight is 257 g/mol. The van der Waals surface area contributed by atoms with Crippen molar-refractivity contribution in [3.63, 3.8) is 0 Å². The van der Waals surface area contributed by atoms with Gasteiger partial charge in [-0.3, -0.25) is 9.69 Å². The number of hydrogen-bond donors (Lipinski definition) is 1. The lowest BCUT2D eigenvalue weighted by Gasteiger charge is -2.33. The summed E-state index contributed by atoms with van der Waals surface area (Å²) in [5.74, 6) is 2.77. The van der Waals surface area contributed by atoms with Crippen molar-refractivity contribution in [2.75, 3.05) is 38.5 Å². The summed E-state index contributed by atoms with van der Waals surface area (Å²) in [5, 5.41) is 0. The van der Waals surface area contributed by atoms with Gasteiger partial charge in [-0.2, -0.15) is 0 Å². The van der Waals surface area contributed by atoms with Crippen LogP contribution >= 0.6 is 0 Å². The number of nitrogens with two attached hydrogens (primary N) is 1. The zero-order valence-electron chi connectivity index (χ0n) is 11.0. The highest BCUT2D eigenvalue weighted by molar-refractivity contribution is 5.80. The molecule has 0 aliphatic carbocycles. The summed E-state index contributed by atoms with van der Waals surface area (Å²) in [6.45, 7) is 3.84. The first-order valence-corrected chi connectivity index (χ1v) is 6.47. The number of benzene rings is 1. The molecule has 1 saturated heterocycles. The molecule has 0 unspecified atom stereocenters. The average Bonchev–Trinajstić information content (AvgIpc) is 2.42. The molecule has 0 spiro atoms. The fourth-order valence-electron chi connectivity index (χ4n) is 2.25. The molecule has 1 aromatic rings. The number of carbonyl (C=O) groups is 1. The molecule has 1 amide bonds. The van der Waals surface area contributed by atoms with Gasteiger partial charge in [0.25, 0.3) is 0 Å². The van der Waals surface area contributed by atoms with E-state index in [4.69, 9.17) is 12.2 Å². The topological polar surface area (TPSA) is 49.6 Å². The number of nitrogens with zero attached hydrogens (tertiary/aromatic N) is 2. The van der Waals surface area contributed by atoms with Crippen LogP contribution < -0.4 is 5.73 Å². The van der Waals surface area contributed by atoms with E-state index in [1.807, 2.05) is 29.2 Å². The number of hydrogen-bond acceptors (Lipinski definition) is 3.